The van der Waals surface area contributed by atoms with Crippen LogP contribution in [-0.2, 0) is 9.59 Å². The van der Waals surface area contributed by atoms with Crippen molar-refractivity contribution >= 4 is 17.5 Å². The van der Waals surface area contributed by atoms with Crippen LogP contribution < -0.4 is 15.4 Å². The molecule has 0 aliphatic carbocycles. The molecule has 2 aromatic carbocycles. The lowest BCUT2D eigenvalue weighted by atomic mass is 9.83. The number of methoxy groups -OCH3 is 1. The van der Waals surface area contributed by atoms with Crippen molar-refractivity contribution in [2.24, 2.45) is 11.7 Å². The zero-order chi connectivity index (χ0) is 18.0. The SMILES string of the molecule is COc1ccc(C2C(C(N)=O)CCC(=O)N2c2ccc(C)cc2)cc1. The van der Waals surface area contributed by atoms with Crippen LogP contribution in [0, 0.1) is 12.8 Å². The number of anilines is 1. The van der Waals surface area contributed by atoms with Gasteiger partial charge in [0.15, 0.2) is 0 Å². The summed E-state index contributed by atoms with van der Waals surface area (Å²) in [5, 5.41) is 0. The van der Waals surface area contributed by atoms with Crippen molar-refractivity contribution in [2.75, 3.05) is 12.0 Å². The molecule has 3 rings (SSSR count). The highest BCUT2D eigenvalue weighted by atomic mass is 16.5. The van der Waals surface area contributed by atoms with E-state index in [9.17, 15) is 9.59 Å². The first-order valence-electron chi connectivity index (χ1n) is 8.33. The normalized spacial score (nSPS) is 20.4. The lowest BCUT2D eigenvalue weighted by molar-refractivity contribution is -0.127. The molecule has 5 nitrogen and oxygen atoms in total. The minimum atomic E-state index is -0.424. The fraction of sp³-hybridized carbons (Fsp3) is 0.300. The Labute approximate surface area is 147 Å². The molecule has 2 N–H and O–H groups in total. The topological polar surface area (TPSA) is 72.6 Å². The number of amides is 2. The van der Waals surface area contributed by atoms with Crippen LogP contribution >= 0.6 is 0 Å². The van der Waals surface area contributed by atoms with Gasteiger partial charge < -0.3 is 15.4 Å². The van der Waals surface area contributed by atoms with E-state index in [0.29, 0.717) is 12.8 Å². The molecule has 0 saturated carbocycles. The quantitative estimate of drug-likeness (QED) is 0.931. The summed E-state index contributed by atoms with van der Waals surface area (Å²) in [7, 11) is 1.60. The van der Waals surface area contributed by atoms with E-state index in [0.717, 1.165) is 22.6 Å². The molecule has 1 fully saturated rings. The third-order valence-corrected chi connectivity index (χ3v) is 4.73. The maximum atomic E-state index is 12.7. The maximum absolute atomic E-state index is 12.7. The minimum Gasteiger partial charge on any atom is -0.497 e. The van der Waals surface area contributed by atoms with Gasteiger partial charge >= 0.3 is 0 Å². The summed E-state index contributed by atoms with van der Waals surface area (Å²) < 4.78 is 5.20. The molecule has 5 heteroatoms. The predicted octanol–water partition coefficient (Wildman–Crippen LogP) is 2.97. The van der Waals surface area contributed by atoms with Gasteiger partial charge in [0.05, 0.1) is 19.1 Å². The number of rotatable bonds is 4. The maximum Gasteiger partial charge on any atom is 0.227 e. The number of carbonyl (C=O) groups excluding carboxylic acids is 2. The molecule has 0 bridgehead atoms. The van der Waals surface area contributed by atoms with Crippen LogP contribution in [0.5, 0.6) is 5.75 Å². The Hall–Kier alpha value is -2.82. The number of hydrogen-bond donors (Lipinski definition) is 1. The van der Waals surface area contributed by atoms with Crippen LogP contribution in [0.4, 0.5) is 5.69 Å². The predicted molar refractivity (Wildman–Crippen MR) is 96.3 cm³/mol. The third-order valence-electron chi connectivity index (χ3n) is 4.73. The first-order valence-corrected chi connectivity index (χ1v) is 8.33. The molecule has 2 aromatic rings. The van der Waals surface area contributed by atoms with E-state index in [1.807, 2.05) is 55.5 Å². The van der Waals surface area contributed by atoms with Crippen molar-refractivity contribution < 1.29 is 14.3 Å². The second-order valence-corrected chi connectivity index (χ2v) is 6.36. The summed E-state index contributed by atoms with van der Waals surface area (Å²) in [6, 6.07) is 14.8. The number of piperidine rings is 1. The minimum absolute atomic E-state index is 0.00201. The second kappa shape index (κ2) is 6.97. The first-order chi connectivity index (χ1) is 12.0. The molecule has 2 unspecified atom stereocenters. The monoisotopic (exact) mass is 338 g/mol. The van der Waals surface area contributed by atoms with Gasteiger partial charge in [0.25, 0.3) is 0 Å². The molecule has 0 aromatic heterocycles. The van der Waals surface area contributed by atoms with Crippen molar-refractivity contribution in [3.8, 4) is 5.75 Å². The van der Waals surface area contributed by atoms with Gasteiger partial charge in [-0.05, 0) is 43.2 Å². The van der Waals surface area contributed by atoms with Gasteiger partial charge in [-0.1, -0.05) is 29.8 Å². The lowest BCUT2D eigenvalue weighted by Crippen LogP contribution is -2.47. The van der Waals surface area contributed by atoms with Gasteiger partial charge in [-0.2, -0.15) is 0 Å². The number of primary amides is 1. The van der Waals surface area contributed by atoms with Crippen LogP contribution in [-0.4, -0.2) is 18.9 Å². The highest BCUT2D eigenvalue weighted by Crippen LogP contribution is 2.40. The molecule has 1 saturated heterocycles. The Morgan fingerprint density at radius 3 is 2.32 bits per heavy atom. The van der Waals surface area contributed by atoms with Crippen LogP contribution in [0.3, 0.4) is 0 Å². The van der Waals surface area contributed by atoms with Crippen molar-refractivity contribution in [3.05, 3.63) is 59.7 Å². The number of carbonyl (C=O) groups is 2. The average molecular weight is 338 g/mol. The zero-order valence-electron chi connectivity index (χ0n) is 14.4. The Balaban J connectivity index is 2.07. The van der Waals surface area contributed by atoms with E-state index < -0.39 is 12.0 Å². The molecule has 130 valence electrons. The number of benzene rings is 2. The number of aryl methyl sites for hydroxylation is 1. The summed E-state index contributed by atoms with van der Waals surface area (Å²) in [5.41, 5.74) is 8.42. The third kappa shape index (κ3) is 3.36. The van der Waals surface area contributed by atoms with Gasteiger partial charge in [0.2, 0.25) is 11.8 Å². The molecule has 2 atom stereocenters. The van der Waals surface area contributed by atoms with Crippen molar-refractivity contribution in [1.29, 1.82) is 0 Å². The molecular weight excluding hydrogens is 316 g/mol. The fourth-order valence-electron chi connectivity index (χ4n) is 3.38. The van der Waals surface area contributed by atoms with Crippen LogP contribution in [0.15, 0.2) is 48.5 Å². The van der Waals surface area contributed by atoms with Crippen LogP contribution in [0.2, 0.25) is 0 Å². The number of ether oxygens (including phenoxy) is 1. The molecule has 25 heavy (non-hydrogen) atoms. The van der Waals surface area contributed by atoms with Crippen molar-refractivity contribution in [1.82, 2.24) is 0 Å². The zero-order valence-corrected chi connectivity index (χ0v) is 14.4. The van der Waals surface area contributed by atoms with E-state index >= 15 is 0 Å². The Morgan fingerprint density at radius 2 is 1.76 bits per heavy atom. The van der Waals surface area contributed by atoms with E-state index in [-0.39, 0.29) is 11.8 Å². The Morgan fingerprint density at radius 1 is 1.12 bits per heavy atom. The summed E-state index contributed by atoms with van der Waals surface area (Å²) in [6.45, 7) is 2.00. The number of nitrogens with two attached hydrogens (primary N) is 1. The number of nitrogens with zero attached hydrogens (tertiary/aromatic N) is 1. The molecule has 1 aliphatic rings. The lowest BCUT2D eigenvalue weighted by Gasteiger charge is -2.40. The summed E-state index contributed by atoms with van der Waals surface area (Å²) >= 11 is 0. The molecule has 0 radical (unpaired) electrons. The van der Waals surface area contributed by atoms with Gasteiger partial charge in [0.1, 0.15) is 5.75 Å². The van der Waals surface area contributed by atoms with Gasteiger partial charge in [-0.3, -0.25) is 9.59 Å². The van der Waals surface area contributed by atoms with Gasteiger partial charge in [-0.15, -0.1) is 0 Å². The van der Waals surface area contributed by atoms with E-state index in [4.69, 9.17) is 10.5 Å². The highest BCUT2D eigenvalue weighted by molar-refractivity contribution is 5.97. The van der Waals surface area contributed by atoms with E-state index in [1.54, 1.807) is 12.0 Å². The van der Waals surface area contributed by atoms with Crippen molar-refractivity contribution in [2.45, 2.75) is 25.8 Å². The summed E-state index contributed by atoms with van der Waals surface area (Å²) in [4.78, 5) is 26.5. The fourth-order valence-corrected chi connectivity index (χ4v) is 3.38. The Bertz CT molecular complexity index is 769. The molecule has 2 amide bonds. The highest BCUT2D eigenvalue weighted by Gasteiger charge is 2.40. The van der Waals surface area contributed by atoms with Crippen LogP contribution in [0.25, 0.3) is 0 Å². The summed E-state index contributed by atoms with van der Waals surface area (Å²) in [5.74, 6) is -0.0802. The van der Waals surface area contributed by atoms with E-state index in [2.05, 4.69) is 0 Å². The van der Waals surface area contributed by atoms with Crippen LogP contribution in [0.1, 0.15) is 30.0 Å². The van der Waals surface area contributed by atoms with Crippen molar-refractivity contribution in [3.63, 3.8) is 0 Å². The smallest absolute Gasteiger partial charge is 0.227 e. The second-order valence-electron chi connectivity index (χ2n) is 6.36. The first kappa shape index (κ1) is 17.0. The largest absolute Gasteiger partial charge is 0.497 e. The molecular formula is C20H22N2O3. The van der Waals surface area contributed by atoms with E-state index in [1.165, 1.54) is 0 Å². The summed E-state index contributed by atoms with van der Waals surface area (Å²) in [6.07, 6.45) is 0.779. The molecule has 0 spiro atoms. The molecule has 1 aliphatic heterocycles. The number of hydrogen-bond acceptors (Lipinski definition) is 3. The molecule has 1 heterocycles. The van der Waals surface area contributed by atoms with Gasteiger partial charge in [-0.25, -0.2) is 0 Å². The standard InChI is InChI=1S/C20H22N2O3/c1-13-3-7-15(8-4-13)22-18(23)12-11-17(20(21)24)19(22)14-5-9-16(25-2)10-6-14/h3-10,17,19H,11-12H2,1-2H3,(H2,21,24). The average Bonchev–Trinajstić information content (AvgIpc) is 2.62. The van der Waals surface area contributed by atoms with Gasteiger partial charge in [0, 0.05) is 12.1 Å². The Kier molecular flexibility index (Phi) is 4.74.